The number of aromatic carboxylic acids is 1. The number of carbonyl (C=O) groups excluding carboxylic acids is 2. The minimum Gasteiger partial charge on any atom is -0.478 e. The number of amides is 2. The SMILES string of the molecule is CN(C#N)C(=O)C(Cc1c[nH]c2ccccc12)NC(=O)c1ccccc1C(=O)O. The van der Waals surface area contributed by atoms with Gasteiger partial charge in [0.1, 0.15) is 6.04 Å². The standard InChI is InChI=1S/C21H18N4O4/c1-25(12-22)20(27)18(10-13-11-23-17-9-5-4-6-14(13)17)24-19(26)15-7-2-3-8-16(15)21(28)29/h2-9,11,18,23H,10H2,1H3,(H,24,26)(H,28,29). The third-order valence-electron chi connectivity index (χ3n) is 4.59. The van der Waals surface area contributed by atoms with Crippen LogP contribution in [-0.4, -0.2) is 45.9 Å². The van der Waals surface area contributed by atoms with Gasteiger partial charge in [-0.05, 0) is 23.8 Å². The van der Waals surface area contributed by atoms with Crippen molar-refractivity contribution in [3.63, 3.8) is 0 Å². The Kier molecular flexibility index (Phi) is 5.60. The molecule has 8 nitrogen and oxygen atoms in total. The van der Waals surface area contributed by atoms with Crippen LogP contribution in [0, 0.1) is 11.5 Å². The van der Waals surface area contributed by atoms with Crippen LogP contribution in [0.25, 0.3) is 10.9 Å². The average molecular weight is 390 g/mol. The van der Waals surface area contributed by atoms with E-state index in [4.69, 9.17) is 5.26 Å². The number of carboxylic acid groups (broad SMARTS) is 1. The number of benzene rings is 2. The van der Waals surface area contributed by atoms with Crippen LogP contribution in [-0.2, 0) is 11.2 Å². The average Bonchev–Trinajstić information content (AvgIpc) is 3.15. The number of rotatable bonds is 6. The molecule has 0 aliphatic carbocycles. The predicted molar refractivity (Wildman–Crippen MR) is 105 cm³/mol. The first-order valence-corrected chi connectivity index (χ1v) is 8.78. The predicted octanol–water partition coefficient (Wildman–Crippen LogP) is 2.15. The van der Waals surface area contributed by atoms with Crippen molar-refractivity contribution in [1.29, 1.82) is 5.26 Å². The Labute approximate surface area is 166 Å². The minimum atomic E-state index is -1.25. The lowest BCUT2D eigenvalue weighted by molar-refractivity contribution is -0.129. The second-order valence-corrected chi connectivity index (χ2v) is 6.44. The van der Waals surface area contributed by atoms with Gasteiger partial charge in [-0.2, -0.15) is 5.26 Å². The largest absolute Gasteiger partial charge is 0.478 e. The number of H-pyrrole nitrogens is 1. The summed E-state index contributed by atoms with van der Waals surface area (Å²) in [5, 5.41) is 21.9. The number of fused-ring (bicyclic) bond motifs is 1. The maximum atomic E-state index is 12.8. The van der Waals surface area contributed by atoms with Gasteiger partial charge in [-0.15, -0.1) is 0 Å². The monoisotopic (exact) mass is 390 g/mol. The van der Waals surface area contributed by atoms with Crippen molar-refractivity contribution in [3.8, 4) is 6.19 Å². The zero-order chi connectivity index (χ0) is 21.0. The van der Waals surface area contributed by atoms with E-state index in [9.17, 15) is 19.5 Å². The van der Waals surface area contributed by atoms with Crippen LogP contribution in [0.4, 0.5) is 0 Å². The number of carboxylic acids is 1. The molecule has 3 rings (SSSR count). The second-order valence-electron chi connectivity index (χ2n) is 6.44. The summed E-state index contributed by atoms with van der Waals surface area (Å²) in [5.74, 6) is -2.55. The second kappa shape index (κ2) is 8.27. The van der Waals surface area contributed by atoms with E-state index in [1.54, 1.807) is 18.5 Å². The topological polar surface area (TPSA) is 126 Å². The highest BCUT2D eigenvalue weighted by molar-refractivity contribution is 6.06. The fraction of sp³-hybridized carbons (Fsp3) is 0.143. The van der Waals surface area contributed by atoms with Crippen LogP contribution in [0.1, 0.15) is 26.3 Å². The van der Waals surface area contributed by atoms with Gasteiger partial charge in [0.05, 0.1) is 11.1 Å². The number of nitriles is 1. The Morgan fingerprint density at radius 3 is 2.48 bits per heavy atom. The summed E-state index contributed by atoms with van der Waals surface area (Å²) >= 11 is 0. The van der Waals surface area contributed by atoms with Crippen molar-refractivity contribution in [2.24, 2.45) is 0 Å². The van der Waals surface area contributed by atoms with Gasteiger partial charge in [0.2, 0.25) is 0 Å². The van der Waals surface area contributed by atoms with Crippen molar-refractivity contribution in [2.75, 3.05) is 7.05 Å². The van der Waals surface area contributed by atoms with Crippen molar-refractivity contribution in [3.05, 3.63) is 71.4 Å². The van der Waals surface area contributed by atoms with E-state index in [0.29, 0.717) is 0 Å². The lowest BCUT2D eigenvalue weighted by Gasteiger charge is -2.20. The van der Waals surface area contributed by atoms with Gasteiger partial charge in [0.25, 0.3) is 11.8 Å². The van der Waals surface area contributed by atoms with E-state index in [-0.39, 0.29) is 17.5 Å². The van der Waals surface area contributed by atoms with Gasteiger partial charge in [0.15, 0.2) is 6.19 Å². The Bertz CT molecular complexity index is 1130. The van der Waals surface area contributed by atoms with Gasteiger partial charge in [-0.1, -0.05) is 30.3 Å². The Hall–Kier alpha value is -4.12. The number of nitrogens with zero attached hydrogens (tertiary/aromatic N) is 2. The molecular formula is C21H18N4O4. The van der Waals surface area contributed by atoms with Gasteiger partial charge >= 0.3 is 5.97 Å². The van der Waals surface area contributed by atoms with Gasteiger partial charge in [-0.3, -0.25) is 14.5 Å². The van der Waals surface area contributed by atoms with Crippen LogP contribution < -0.4 is 5.32 Å². The van der Waals surface area contributed by atoms with Crippen molar-refractivity contribution < 1.29 is 19.5 Å². The number of para-hydroxylation sites is 1. The first-order valence-electron chi connectivity index (χ1n) is 8.78. The van der Waals surface area contributed by atoms with E-state index in [2.05, 4.69) is 10.3 Å². The number of likely N-dealkylation sites (N-methyl/N-ethyl adjacent to an activating group) is 1. The van der Waals surface area contributed by atoms with Crippen LogP contribution in [0.2, 0.25) is 0 Å². The Morgan fingerprint density at radius 2 is 1.79 bits per heavy atom. The van der Waals surface area contributed by atoms with Gasteiger partial charge < -0.3 is 15.4 Å². The summed E-state index contributed by atoms with van der Waals surface area (Å²) in [6.07, 6.45) is 3.61. The molecule has 3 N–H and O–H groups in total. The first kappa shape index (κ1) is 19.6. The molecule has 0 radical (unpaired) electrons. The molecule has 8 heteroatoms. The third-order valence-corrected chi connectivity index (χ3v) is 4.59. The third kappa shape index (κ3) is 4.09. The van der Waals surface area contributed by atoms with E-state index < -0.39 is 23.8 Å². The van der Waals surface area contributed by atoms with Gasteiger partial charge in [-0.25, -0.2) is 4.79 Å². The van der Waals surface area contributed by atoms with Crippen LogP contribution in [0.5, 0.6) is 0 Å². The molecule has 0 aliphatic heterocycles. The fourth-order valence-corrected chi connectivity index (χ4v) is 3.11. The Morgan fingerprint density at radius 1 is 1.14 bits per heavy atom. The molecule has 0 saturated heterocycles. The highest BCUT2D eigenvalue weighted by atomic mass is 16.4. The van der Waals surface area contributed by atoms with Crippen LogP contribution >= 0.6 is 0 Å². The van der Waals surface area contributed by atoms with E-state index in [1.807, 2.05) is 24.3 Å². The number of hydrogen-bond acceptors (Lipinski definition) is 4. The minimum absolute atomic E-state index is 0.0589. The molecule has 1 heterocycles. The molecule has 29 heavy (non-hydrogen) atoms. The smallest absolute Gasteiger partial charge is 0.336 e. The molecule has 0 spiro atoms. The molecule has 1 unspecified atom stereocenters. The van der Waals surface area contributed by atoms with Gasteiger partial charge in [0, 0.05) is 30.6 Å². The zero-order valence-corrected chi connectivity index (χ0v) is 15.5. The summed E-state index contributed by atoms with van der Waals surface area (Å²) in [6, 6.07) is 12.2. The molecular weight excluding hydrogens is 372 g/mol. The maximum Gasteiger partial charge on any atom is 0.336 e. The first-order chi connectivity index (χ1) is 13.9. The molecule has 1 atom stereocenters. The summed E-state index contributed by atoms with van der Waals surface area (Å²) in [5.41, 5.74) is 1.44. The molecule has 2 amide bonds. The van der Waals surface area contributed by atoms with Crippen LogP contribution in [0.15, 0.2) is 54.7 Å². The quantitative estimate of drug-likeness (QED) is 0.439. The molecule has 146 valence electrons. The molecule has 0 fully saturated rings. The zero-order valence-electron chi connectivity index (χ0n) is 15.5. The van der Waals surface area contributed by atoms with Crippen molar-refractivity contribution in [2.45, 2.75) is 12.5 Å². The van der Waals surface area contributed by atoms with Crippen molar-refractivity contribution >= 4 is 28.7 Å². The molecule has 3 aromatic rings. The number of carbonyl (C=O) groups is 3. The normalized spacial score (nSPS) is 11.4. The summed E-state index contributed by atoms with van der Waals surface area (Å²) in [4.78, 5) is 40.8. The molecule has 2 aromatic carbocycles. The summed E-state index contributed by atoms with van der Waals surface area (Å²) < 4.78 is 0. The lowest BCUT2D eigenvalue weighted by atomic mass is 10.0. The fourth-order valence-electron chi connectivity index (χ4n) is 3.11. The molecule has 1 aromatic heterocycles. The highest BCUT2D eigenvalue weighted by Gasteiger charge is 2.27. The van der Waals surface area contributed by atoms with E-state index >= 15 is 0 Å². The van der Waals surface area contributed by atoms with Crippen molar-refractivity contribution in [1.82, 2.24) is 15.2 Å². The molecule has 0 saturated carbocycles. The summed E-state index contributed by atoms with van der Waals surface area (Å²) in [7, 11) is 1.31. The number of aromatic amines is 1. The maximum absolute atomic E-state index is 12.8. The summed E-state index contributed by atoms with van der Waals surface area (Å²) in [6.45, 7) is 0. The Balaban J connectivity index is 1.92. The molecule has 0 aliphatic rings. The van der Waals surface area contributed by atoms with Crippen LogP contribution in [0.3, 0.4) is 0 Å². The molecule has 0 bridgehead atoms. The highest BCUT2D eigenvalue weighted by Crippen LogP contribution is 2.20. The number of nitrogens with one attached hydrogen (secondary N) is 2. The number of aromatic nitrogens is 1. The van der Waals surface area contributed by atoms with E-state index in [0.717, 1.165) is 21.4 Å². The van der Waals surface area contributed by atoms with E-state index in [1.165, 1.54) is 25.2 Å². The number of hydrogen-bond donors (Lipinski definition) is 3. The lowest BCUT2D eigenvalue weighted by Crippen LogP contribution is -2.47.